The van der Waals surface area contributed by atoms with Crippen LogP contribution in [0.25, 0.3) is 0 Å². The molecule has 2 fully saturated rings. The monoisotopic (exact) mass is 248 g/mol. The molecule has 2 atom stereocenters. The molecule has 1 saturated carbocycles. The Kier molecular flexibility index (Phi) is 2.66. The summed E-state index contributed by atoms with van der Waals surface area (Å²) in [7, 11) is 0. The molecule has 0 radical (unpaired) electrons. The van der Waals surface area contributed by atoms with Crippen molar-refractivity contribution in [1.82, 2.24) is 20.2 Å². The number of hydrogen-bond acceptors (Lipinski definition) is 4. The van der Waals surface area contributed by atoms with Crippen molar-refractivity contribution in [2.75, 3.05) is 0 Å². The fraction of sp³-hybridized carbons (Fsp3) is 0.583. The van der Waals surface area contributed by atoms with E-state index >= 15 is 0 Å². The van der Waals surface area contributed by atoms with E-state index in [0.29, 0.717) is 0 Å². The zero-order chi connectivity index (χ0) is 12.7. The summed E-state index contributed by atoms with van der Waals surface area (Å²) in [5, 5.41) is 3.17. The molecule has 1 saturated heterocycles. The number of rotatable bonds is 4. The first kappa shape index (κ1) is 11.4. The van der Waals surface area contributed by atoms with Crippen molar-refractivity contribution in [3.8, 4) is 0 Å². The average Bonchev–Trinajstić information content (AvgIpc) is 2.91. The molecule has 2 amide bonds. The van der Waals surface area contributed by atoms with Gasteiger partial charge in [0.2, 0.25) is 11.8 Å². The second kappa shape index (κ2) is 4.20. The molecule has 2 unspecified atom stereocenters. The first-order valence-corrected chi connectivity index (χ1v) is 6.28. The van der Waals surface area contributed by atoms with E-state index in [0.717, 1.165) is 18.7 Å². The summed E-state index contributed by atoms with van der Waals surface area (Å²) in [5.41, 5.74) is 0. The zero-order valence-electron chi connectivity index (χ0n) is 10.2. The molecule has 6 heteroatoms. The van der Waals surface area contributed by atoms with Crippen LogP contribution in [0, 0.1) is 0 Å². The first-order chi connectivity index (χ1) is 8.66. The van der Waals surface area contributed by atoms with Crippen molar-refractivity contribution < 1.29 is 9.59 Å². The minimum atomic E-state index is -0.404. The van der Waals surface area contributed by atoms with Gasteiger partial charge in [-0.1, -0.05) is 0 Å². The molecule has 1 aromatic heterocycles. The van der Waals surface area contributed by atoms with Gasteiger partial charge in [0.15, 0.2) is 0 Å². The number of likely N-dealkylation sites (tertiary alicyclic amines) is 1. The minimum absolute atomic E-state index is 0.0494. The molecule has 0 spiro atoms. The molecule has 2 aliphatic rings. The maximum atomic E-state index is 12.1. The van der Waals surface area contributed by atoms with E-state index in [9.17, 15) is 9.59 Å². The van der Waals surface area contributed by atoms with Crippen molar-refractivity contribution >= 4 is 11.8 Å². The van der Waals surface area contributed by atoms with Gasteiger partial charge in [-0.3, -0.25) is 19.8 Å². The molecule has 3 rings (SSSR count). The Balaban J connectivity index is 1.67. The Labute approximate surface area is 105 Å². The van der Waals surface area contributed by atoms with Crippen LogP contribution in [0.4, 0.5) is 0 Å². The van der Waals surface area contributed by atoms with Crippen LogP contribution >= 0.6 is 0 Å². The summed E-state index contributed by atoms with van der Waals surface area (Å²) < 4.78 is 0. The number of amides is 2. The lowest BCUT2D eigenvalue weighted by Gasteiger charge is -2.17. The van der Waals surface area contributed by atoms with Crippen molar-refractivity contribution in [2.24, 2.45) is 0 Å². The van der Waals surface area contributed by atoms with Crippen molar-refractivity contribution in [2.45, 2.75) is 44.3 Å². The number of nitrogens with zero attached hydrogens (tertiary/aromatic N) is 2. The highest BCUT2D eigenvalue weighted by atomic mass is 16.2. The largest absolute Gasteiger partial charge is 0.347 e. The van der Waals surface area contributed by atoms with Gasteiger partial charge in [0.25, 0.3) is 0 Å². The normalized spacial score (nSPS) is 25.8. The summed E-state index contributed by atoms with van der Waals surface area (Å²) in [5.74, 6) is 0.646. The highest BCUT2D eigenvalue weighted by Gasteiger charge is 2.46. The summed E-state index contributed by atoms with van der Waals surface area (Å²) in [6, 6.07) is -0.310. The number of nitrogens with one attached hydrogen (secondary N) is 2. The second-order valence-electron chi connectivity index (χ2n) is 4.95. The molecule has 1 aliphatic carbocycles. The topological polar surface area (TPSA) is 78.1 Å². The maximum absolute atomic E-state index is 12.1. The van der Waals surface area contributed by atoms with Crippen LogP contribution in [0.15, 0.2) is 12.4 Å². The van der Waals surface area contributed by atoms with Crippen LogP contribution < -0.4 is 5.32 Å². The number of H-pyrrole nitrogens is 1. The molecule has 96 valence electrons. The van der Waals surface area contributed by atoms with Crippen LogP contribution in [0.1, 0.15) is 38.1 Å². The molecule has 0 aromatic carbocycles. The van der Waals surface area contributed by atoms with Gasteiger partial charge in [0.05, 0.1) is 18.5 Å². The van der Waals surface area contributed by atoms with E-state index in [2.05, 4.69) is 15.3 Å². The van der Waals surface area contributed by atoms with Gasteiger partial charge in [-0.05, 0) is 19.8 Å². The lowest BCUT2D eigenvalue weighted by molar-refractivity contribution is -0.139. The number of carbonyl (C=O) groups excluding carboxylic acids is 2. The van der Waals surface area contributed by atoms with Crippen molar-refractivity contribution in [3.63, 3.8) is 0 Å². The average molecular weight is 248 g/mol. The van der Waals surface area contributed by atoms with E-state index in [-0.39, 0.29) is 30.3 Å². The van der Waals surface area contributed by atoms with E-state index in [1.807, 2.05) is 6.92 Å². The third kappa shape index (κ3) is 1.92. The summed E-state index contributed by atoms with van der Waals surface area (Å²) in [6.45, 7) is 1.93. The van der Waals surface area contributed by atoms with Crippen molar-refractivity contribution in [1.29, 1.82) is 0 Å². The van der Waals surface area contributed by atoms with Gasteiger partial charge in [-0.25, -0.2) is 4.98 Å². The Morgan fingerprint density at radius 1 is 1.50 bits per heavy atom. The number of aromatic nitrogens is 2. The molecule has 1 aromatic rings. The standard InChI is InChI=1S/C12H16N4O2/c1-7(11-13-4-5-14-11)15-9-6-10(17)16(12(9)18)8-2-3-8/h4-5,7-9,15H,2-3,6H2,1H3,(H,13,14). The molecule has 2 heterocycles. The quantitative estimate of drug-likeness (QED) is 0.754. The van der Waals surface area contributed by atoms with Crippen LogP contribution in [0.2, 0.25) is 0 Å². The van der Waals surface area contributed by atoms with Crippen LogP contribution in [0.5, 0.6) is 0 Å². The van der Waals surface area contributed by atoms with Gasteiger partial charge >= 0.3 is 0 Å². The molecule has 18 heavy (non-hydrogen) atoms. The number of imidazole rings is 1. The third-order valence-corrected chi connectivity index (χ3v) is 3.48. The summed E-state index contributed by atoms with van der Waals surface area (Å²) >= 11 is 0. The number of carbonyl (C=O) groups is 2. The van der Waals surface area contributed by atoms with Crippen LogP contribution in [-0.2, 0) is 9.59 Å². The molecule has 2 N–H and O–H groups in total. The minimum Gasteiger partial charge on any atom is -0.347 e. The smallest absolute Gasteiger partial charge is 0.247 e. The molecular weight excluding hydrogens is 232 g/mol. The lowest BCUT2D eigenvalue weighted by Crippen LogP contribution is -2.40. The Bertz CT molecular complexity index is 466. The molecule has 6 nitrogen and oxygen atoms in total. The van der Waals surface area contributed by atoms with E-state index in [4.69, 9.17) is 0 Å². The highest BCUT2D eigenvalue weighted by Crippen LogP contribution is 2.31. The van der Waals surface area contributed by atoms with E-state index < -0.39 is 6.04 Å². The van der Waals surface area contributed by atoms with Crippen LogP contribution in [0.3, 0.4) is 0 Å². The number of hydrogen-bond donors (Lipinski definition) is 2. The predicted octanol–water partition coefficient (Wildman–Crippen LogP) is 0.350. The second-order valence-corrected chi connectivity index (χ2v) is 4.95. The summed E-state index contributed by atoms with van der Waals surface area (Å²) in [4.78, 5) is 32.5. The predicted molar refractivity (Wildman–Crippen MR) is 63.4 cm³/mol. The van der Waals surface area contributed by atoms with Gasteiger partial charge in [0, 0.05) is 18.4 Å². The van der Waals surface area contributed by atoms with E-state index in [1.54, 1.807) is 12.4 Å². The maximum Gasteiger partial charge on any atom is 0.247 e. The van der Waals surface area contributed by atoms with Gasteiger partial charge in [-0.15, -0.1) is 0 Å². The first-order valence-electron chi connectivity index (χ1n) is 6.28. The Morgan fingerprint density at radius 2 is 2.28 bits per heavy atom. The van der Waals surface area contributed by atoms with Crippen LogP contribution in [-0.4, -0.2) is 38.8 Å². The molecular formula is C12H16N4O2. The zero-order valence-corrected chi connectivity index (χ0v) is 10.2. The third-order valence-electron chi connectivity index (χ3n) is 3.48. The fourth-order valence-corrected chi connectivity index (χ4v) is 2.39. The Hall–Kier alpha value is -1.69. The van der Waals surface area contributed by atoms with E-state index in [1.165, 1.54) is 4.90 Å². The fourth-order valence-electron chi connectivity index (χ4n) is 2.39. The molecule has 0 bridgehead atoms. The van der Waals surface area contributed by atoms with Crippen molar-refractivity contribution in [3.05, 3.63) is 18.2 Å². The van der Waals surface area contributed by atoms with Gasteiger partial charge in [-0.2, -0.15) is 0 Å². The molecule has 1 aliphatic heterocycles. The van der Waals surface area contributed by atoms with Gasteiger partial charge in [0.1, 0.15) is 5.82 Å². The Morgan fingerprint density at radius 3 is 2.89 bits per heavy atom. The number of imide groups is 1. The highest BCUT2D eigenvalue weighted by molar-refractivity contribution is 6.06. The SMILES string of the molecule is CC(NC1CC(=O)N(C2CC2)C1=O)c1ncc[nH]1. The number of aromatic amines is 1. The van der Waals surface area contributed by atoms with Gasteiger partial charge < -0.3 is 4.98 Å². The summed E-state index contributed by atoms with van der Waals surface area (Å²) in [6.07, 6.45) is 5.59. The lowest BCUT2D eigenvalue weighted by atomic mass is 10.2.